The molecule has 19 heavy (non-hydrogen) atoms. The van der Waals surface area contributed by atoms with E-state index in [9.17, 15) is 0 Å². The number of hydrogen-bond donors (Lipinski definition) is 1. The molecular weight excluding hydrogens is 298 g/mol. The maximum atomic E-state index is 6.04. The molecule has 0 amide bonds. The summed E-state index contributed by atoms with van der Waals surface area (Å²) in [6, 6.07) is 12.3. The van der Waals surface area contributed by atoms with Crippen molar-refractivity contribution in [1.29, 1.82) is 0 Å². The van der Waals surface area contributed by atoms with Crippen LogP contribution in [0.5, 0.6) is 0 Å². The lowest BCUT2D eigenvalue weighted by atomic mass is 10.2. The van der Waals surface area contributed by atoms with E-state index < -0.39 is 0 Å². The van der Waals surface area contributed by atoms with Gasteiger partial charge < -0.3 is 4.42 Å². The van der Waals surface area contributed by atoms with Crippen LogP contribution in [0.15, 0.2) is 52.5 Å². The minimum Gasteiger partial charge on any atom is -0.468 e. The minimum absolute atomic E-state index is 0.169. The standard InChI is InChI=1S/C14H12ClNOS2/c15-13-6-5-12(19-13)14(11-4-2-8-18-11)16-9-10-3-1-7-17-10/h1-8,14,16H,9H2. The fourth-order valence-corrected chi connectivity index (χ4v) is 3.94. The lowest BCUT2D eigenvalue weighted by Crippen LogP contribution is -2.20. The van der Waals surface area contributed by atoms with Gasteiger partial charge in [-0.25, -0.2) is 0 Å². The summed E-state index contributed by atoms with van der Waals surface area (Å²) in [5.41, 5.74) is 0. The highest BCUT2D eigenvalue weighted by Crippen LogP contribution is 2.33. The normalized spacial score (nSPS) is 12.7. The zero-order chi connectivity index (χ0) is 13.1. The molecule has 98 valence electrons. The first kappa shape index (κ1) is 12.9. The minimum atomic E-state index is 0.169. The van der Waals surface area contributed by atoms with Gasteiger partial charge in [0.15, 0.2) is 0 Å². The number of hydrogen-bond acceptors (Lipinski definition) is 4. The van der Waals surface area contributed by atoms with E-state index in [0.717, 1.165) is 10.1 Å². The summed E-state index contributed by atoms with van der Waals surface area (Å²) in [6.07, 6.45) is 1.69. The molecule has 3 aromatic heterocycles. The fraction of sp³-hybridized carbons (Fsp3) is 0.143. The van der Waals surface area contributed by atoms with Gasteiger partial charge in [0.05, 0.1) is 23.2 Å². The molecule has 1 unspecified atom stereocenters. The Morgan fingerprint density at radius 3 is 2.74 bits per heavy atom. The first-order valence-electron chi connectivity index (χ1n) is 5.87. The molecule has 2 nitrogen and oxygen atoms in total. The van der Waals surface area contributed by atoms with Crippen LogP contribution in [0.25, 0.3) is 0 Å². The second-order valence-corrected chi connectivity index (χ2v) is 6.78. The molecule has 0 aromatic carbocycles. The van der Waals surface area contributed by atoms with Gasteiger partial charge in [-0.05, 0) is 35.7 Å². The van der Waals surface area contributed by atoms with Crippen molar-refractivity contribution < 1.29 is 4.42 Å². The van der Waals surface area contributed by atoms with Gasteiger partial charge in [-0.2, -0.15) is 0 Å². The quantitative estimate of drug-likeness (QED) is 0.722. The van der Waals surface area contributed by atoms with Gasteiger partial charge in [0.25, 0.3) is 0 Å². The lowest BCUT2D eigenvalue weighted by Gasteiger charge is -2.15. The molecule has 3 heterocycles. The Hall–Kier alpha value is -1.07. The van der Waals surface area contributed by atoms with E-state index in [1.165, 1.54) is 9.75 Å². The Bertz CT molecular complexity index is 616. The number of thiophene rings is 2. The maximum Gasteiger partial charge on any atom is 0.117 e. The van der Waals surface area contributed by atoms with Crippen molar-refractivity contribution >= 4 is 34.3 Å². The highest BCUT2D eigenvalue weighted by atomic mass is 35.5. The molecule has 0 aliphatic heterocycles. The van der Waals surface area contributed by atoms with Crippen LogP contribution in [0, 0.1) is 0 Å². The zero-order valence-electron chi connectivity index (χ0n) is 10.0. The number of halogens is 1. The molecule has 0 saturated heterocycles. The highest BCUT2D eigenvalue weighted by Gasteiger charge is 2.17. The molecule has 0 saturated carbocycles. The Balaban J connectivity index is 1.80. The van der Waals surface area contributed by atoms with Crippen molar-refractivity contribution in [3.8, 4) is 0 Å². The molecule has 3 rings (SSSR count). The van der Waals surface area contributed by atoms with Crippen molar-refractivity contribution in [2.24, 2.45) is 0 Å². The first-order valence-corrected chi connectivity index (χ1v) is 7.95. The largest absolute Gasteiger partial charge is 0.468 e. The van der Waals surface area contributed by atoms with Crippen LogP contribution < -0.4 is 5.32 Å². The van der Waals surface area contributed by atoms with Crippen LogP contribution in [-0.4, -0.2) is 0 Å². The highest BCUT2D eigenvalue weighted by molar-refractivity contribution is 7.16. The van der Waals surface area contributed by atoms with Crippen LogP contribution in [0.3, 0.4) is 0 Å². The average molecular weight is 310 g/mol. The van der Waals surface area contributed by atoms with Crippen molar-refractivity contribution in [3.05, 3.63) is 67.9 Å². The fourth-order valence-electron chi connectivity index (χ4n) is 1.90. The maximum absolute atomic E-state index is 6.04. The smallest absolute Gasteiger partial charge is 0.117 e. The van der Waals surface area contributed by atoms with Gasteiger partial charge in [0.2, 0.25) is 0 Å². The van der Waals surface area contributed by atoms with Gasteiger partial charge in [0, 0.05) is 9.75 Å². The lowest BCUT2D eigenvalue weighted by molar-refractivity contribution is 0.471. The van der Waals surface area contributed by atoms with Crippen molar-refractivity contribution in [3.63, 3.8) is 0 Å². The summed E-state index contributed by atoms with van der Waals surface area (Å²) in [6.45, 7) is 0.699. The molecule has 0 fully saturated rings. The van der Waals surface area contributed by atoms with Gasteiger partial charge in [-0.3, -0.25) is 5.32 Å². The van der Waals surface area contributed by atoms with Crippen molar-refractivity contribution in [2.75, 3.05) is 0 Å². The molecule has 1 atom stereocenters. The Kier molecular flexibility index (Phi) is 4.03. The Morgan fingerprint density at radius 1 is 1.16 bits per heavy atom. The summed E-state index contributed by atoms with van der Waals surface area (Å²) in [5, 5.41) is 5.61. The molecule has 0 aliphatic rings. The predicted molar refractivity (Wildman–Crippen MR) is 81.0 cm³/mol. The summed E-state index contributed by atoms with van der Waals surface area (Å²) < 4.78 is 6.18. The molecule has 0 bridgehead atoms. The van der Waals surface area contributed by atoms with E-state index in [4.69, 9.17) is 16.0 Å². The van der Waals surface area contributed by atoms with Gasteiger partial charge >= 0.3 is 0 Å². The summed E-state index contributed by atoms with van der Waals surface area (Å²) >= 11 is 9.39. The Labute approximate surface area is 124 Å². The van der Waals surface area contributed by atoms with Crippen LogP contribution in [0.1, 0.15) is 21.6 Å². The third-order valence-corrected chi connectivity index (χ3v) is 5.00. The summed E-state index contributed by atoms with van der Waals surface area (Å²) in [5.74, 6) is 0.934. The summed E-state index contributed by atoms with van der Waals surface area (Å²) in [4.78, 5) is 2.50. The van der Waals surface area contributed by atoms with E-state index in [0.29, 0.717) is 6.54 Å². The number of nitrogens with one attached hydrogen (secondary N) is 1. The second kappa shape index (κ2) is 5.92. The SMILES string of the molecule is Clc1ccc(C(NCc2ccco2)c2cccs2)s1. The van der Waals surface area contributed by atoms with Gasteiger partial charge in [-0.1, -0.05) is 17.7 Å². The monoisotopic (exact) mass is 309 g/mol. The van der Waals surface area contributed by atoms with Gasteiger partial charge in [0.1, 0.15) is 5.76 Å². The molecule has 0 radical (unpaired) electrons. The van der Waals surface area contributed by atoms with Crippen molar-refractivity contribution in [1.82, 2.24) is 5.32 Å². The predicted octanol–water partition coefficient (Wildman–Crippen LogP) is 4.94. The molecule has 1 N–H and O–H groups in total. The second-order valence-electron chi connectivity index (χ2n) is 4.05. The van der Waals surface area contributed by atoms with Crippen molar-refractivity contribution in [2.45, 2.75) is 12.6 Å². The van der Waals surface area contributed by atoms with E-state index >= 15 is 0 Å². The van der Waals surface area contributed by atoms with Crippen LogP contribution >= 0.6 is 34.3 Å². The van der Waals surface area contributed by atoms with Gasteiger partial charge in [-0.15, -0.1) is 22.7 Å². The third-order valence-electron chi connectivity index (χ3n) is 2.77. The molecule has 5 heteroatoms. The van der Waals surface area contributed by atoms with E-state index in [1.807, 2.05) is 18.2 Å². The third kappa shape index (κ3) is 3.09. The van der Waals surface area contributed by atoms with Crippen LogP contribution in [0.4, 0.5) is 0 Å². The number of rotatable bonds is 5. The molecule has 0 spiro atoms. The number of furan rings is 1. The summed E-state index contributed by atoms with van der Waals surface area (Å²) in [7, 11) is 0. The van der Waals surface area contributed by atoms with E-state index in [-0.39, 0.29) is 6.04 Å². The van der Waals surface area contributed by atoms with E-state index in [1.54, 1.807) is 28.9 Å². The molecular formula is C14H12ClNOS2. The first-order chi connectivity index (χ1) is 9.33. The van der Waals surface area contributed by atoms with E-state index in [2.05, 4.69) is 28.9 Å². The Morgan fingerprint density at radius 2 is 2.11 bits per heavy atom. The molecule has 0 aliphatic carbocycles. The average Bonchev–Trinajstić information content (AvgIpc) is 3.11. The van der Waals surface area contributed by atoms with Crippen LogP contribution in [-0.2, 0) is 6.54 Å². The molecule has 3 aromatic rings. The zero-order valence-corrected chi connectivity index (χ0v) is 12.4. The topological polar surface area (TPSA) is 25.2 Å². The van der Waals surface area contributed by atoms with Crippen LogP contribution in [0.2, 0.25) is 4.34 Å².